The van der Waals surface area contributed by atoms with Crippen LogP contribution in [0.5, 0.6) is 0 Å². The molecule has 4 aromatic heterocycles. The molecule has 19 heavy (non-hydrogen) atoms. The molecular weight excluding hydrogens is 284 g/mol. The van der Waals surface area contributed by atoms with E-state index in [9.17, 15) is 0 Å². The maximum Gasteiger partial charge on any atom is 0.235 e. The SMILES string of the molecule is Cc1nnsc1-c1nn2c(-c3ccco3)nnc2s1. The number of hydrogen-bond donors (Lipinski definition) is 0. The molecule has 0 unspecified atom stereocenters. The minimum Gasteiger partial charge on any atom is -0.461 e. The van der Waals surface area contributed by atoms with Crippen LogP contribution < -0.4 is 0 Å². The molecule has 0 saturated carbocycles. The van der Waals surface area contributed by atoms with Gasteiger partial charge in [0.25, 0.3) is 0 Å². The van der Waals surface area contributed by atoms with E-state index in [-0.39, 0.29) is 0 Å². The molecule has 0 aliphatic carbocycles. The van der Waals surface area contributed by atoms with Crippen LogP contribution in [-0.4, -0.2) is 29.4 Å². The largest absolute Gasteiger partial charge is 0.461 e. The fraction of sp³-hybridized carbons (Fsp3) is 0.100. The quantitative estimate of drug-likeness (QED) is 0.563. The Labute approximate surface area is 114 Å². The second-order valence-electron chi connectivity index (χ2n) is 3.79. The highest BCUT2D eigenvalue weighted by Crippen LogP contribution is 2.31. The number of aryl methyl sites for hydroxylation is 1. The van der Waals surface area contributed by atoms with Crippen molar-refractivity contribution in [1.82, 2.24) is 29.4 Å². The van der Waals surface area contributed by atoms with E-state index in [4.69, 9.17) is 4.42 Å². The van der Waals surface area contributed by atoms with E-state index in [1.165, 1.54) is 22.9 Å². The van der Waals surface area contributed by atoms with Crippen LogP contribution in [-0.2, 0) is 0 Å². The van der Waals surface area contributed by atoms with Crippen molar-refractivity contribution >= 4 is 27.8 Å². The first-order chi connectivity index (χ1) is 9.33. The molecule has 4 heterocycles. The van der Waals surface area contributed by atoms with E-state index in [1.807, 2.05) is 13.0 Å². The van der Waals surface area contributed by atoms with Gasteiger partial charge >= 0.3 is 0 Å². The number of aromatic nitrogens is 6. The summed E-state index contributed by atoms with van der Waals surface area (Å²) in [6, 6.07) is 3.63. The maximum absolute atomic E-state index is 5.33. The molecule has 0 fully saturated rings. The van der Waals surface area contributed by atoms with Gasteiger partial charge in [0.2, 0.25) is 10.8 Å². The summed E-state index contributed by atoms with van der Waals surface area (Å²) in [4.78, 5) is 1.68. The molecule has 94 valence electrons. The molecule has 9 heteroatoms. The normalized spacial score (nSPS) is 11.4. The van der Waals surface area contributed by atoms with Gasteiger partial charge in [-0.05, 0) is 30.6 Å². The van der Waals surface area contributed by atoms with Crippen molar-refractivity contribution in [3.05, 3.63) is 24.1 Å². The van der Waals surface area contributed by atoms with Crippen LogP contribution in [0.25, 0.3) is 26.4 Å². The first-order valence-corrected chi connectivity index (χ1v) is 6.97. The van der Waals surface area contributed by atoms with Gasteiger partial charge in [-0.25, -0.2) is 0 Å². The first kappa shape index (κ1) is 10.8. The van der Waals surface area contributed by atoms with Gasteiger partial charge in [0, 0.05) is 0 Å². The number of fused-ring (bicyclic) bond motifs is 1. The Kier molecular flexibility index (Phi) is 2.23. The molecule has 7 nitrogen and oxygen atoms in total. The Hall–Kier alpha value is -2.13. The molecule has 0 aliphatic heterocycles. The predicted molar refractivity (Wildman–Crippen MR) is 70.0 cm³/mol. The van der Waals surface area contributed by atoms with Gasteiger partial charge < -0.3 is 4.42 Å². The molecular formula is C10H6N6OS2. The molecule has 0 aromatic carbocycles. The smallest absolute Gasteiger partial charge is 0.235 e. The molecule has 0 N–H and O–H groups in total. The lowest BCUT2D eigenvalue weighted by Crippen LogP contribution is -1.89. The van der Waals surface area contributed by atoms with E-state index in [2.05, 4.69) is 24.9 Å². The van der Waals surface area contributed by atoms with Crippen molar-refractivity contribution in [2.75, 3.05) is 0 Å². The van der Waals surface area contributed by atoms with Gasteiger partial charge in [-0.2, -0.15) is 9.61 Å². The molecule has 0 spiro atoms. The van der Waals surface area contributed by atoms with E-state index in [1.54, 1.807) is 16.8 Å². The standard InChI is InChI=1S/C10H6N6OS2/c1-5-7(19-15-11-5)9-14-16-8(6-3-2-4-17-6)12-13-10(16)18-9/h2-4H,1H3. The lowest BCUT2D eigenvalue weighted by atomic mass is 10.4. The minimum atomic E-state index is 0.595. The van der Waals surface area contributed by atoms with Crippen LogP contribution in [0.1, 0.15) is 5.69 Å². The summed E-state index contributed by atoms with van der Waals surface area (Å²) in [6.45, 7) is 1.91. The number of nitrogens with zero attached hydrogens (tertiary/aromatic N) is 6. The Bertz CT molecular complexity index is 843. The molecule has 4 rings (SSSR count). The van der Waals surface area contributed by atoms with E-state index >= 15 is 0 Å². The van der Waals surface area contributed by atoms with Crippen molar-refractivity contribution in [3.63, 3.8) is 0 Å². The average Bonchev–Trinajstić information content (AvgIpc) is 3.10. The van der Waals surface area contributed by atoms with Crippen LogP contribution in [0.15, 0.2) is 22.8 Å². The summed E-state index contributed by atoms with van der Waals surface area (Å²) >= 11 is 2.78. The van der Waals surface area contributed by atoms with Gasteiger partial charge in [-0.1, -0.05) is 15.8 Å². The van der Waals surface area contributed by atoms with Gasteiger partial charge in [0.1, 0.15) is 4.88 Å². The molecule has 0 amide bonds. The predicted octanol–water partition coefficient (Wildman–Crippen LogP) is 2.27. The van der Waals surface area contributed by atoms with Crippen molar-refractivity contribution in [2.45, 2.75) is 6.92 Å². The van der Waals surface area contributed by atoms with Gasteiger partial charge in [0.15, 0.2) is 10.8 Å². The highest BCUT2D eigenvalue weighted by atomic mass is 32.1. The van der Waals surface area contributed by atoms with Crippen molar-refractivity contribution in [1.29, 1.82) is 0 Å². The van der Waals surface area contributed by atoms with Crippen LogP contribution in [0, 0.1) is 6.92 Å². The molecule has 0 radical (unpaired) electrons. The van der Waals surface area contributed by atoms with E-state index in [0.717, 1.165) is 15.6 Å². The summed E-state index contributed by atoms with van der Waals surface area (Å²) in [5, 5.41) is 17.5. The summed E-state index contributed by atoms with van der Waals surface area (Å²) < 4.78 is 10.9. The van der Waals surface area contributed by atoms with Gasteiger partial charge in [-0.3, -0.25) is 0 Å². The Morgan fingerprint density at radius 2 is 2.21 bits per heavy atom. The molecule has 0 atom stereocenters. The average molecular weight is 290 g/mol. The molecule has 0 aliphatic rings. The first-order valence-electron chi connectivity index (χ1n) is 5.38. The van der Waals surface area contributed by atoms with Crippen molar-refractivity contribution < 1.29 is 4.42 Å². The van der Waals surface area contributed by atoms with E-state index in [0.29, 0.717) is 16.5 Å². The third kappa shape index (κ3) is 1.59. The van der Waals surface area contributed by atoms with Crippen molar-refractivity contribution in [3.8, 4) is 21.5 Å². The Morgan fingerprint density at radius 1 is 1.26 bits per heavy atom. The molecule has 0 bridgehead atoms. The summed E-state index contributed by atoms with van der Waals surface area (Å²) in [6.07, 6.45) is 1.60. The fourth-order valence-corrected chi connectivity index (χ4v) is 3.30. The second kappa shape index (κ2) is 3.93. The molecule has 0 saturated heterocycles. The minimum absolute atomic E-state index is 0.595. The Morgan fingerprint density at radius 3 is 2.95 bits per heavy atom. The highest BCUT2D eigenvalue weighted by molar-refractivity contribution is 7.23. The zero-order chi connectivity index (χ0) is 12.8. The number of hydrogen-bond acceptors (Lipinski definition) is 8. The zero-order valence-corrected chi connectivity index (χ0v) is 11.3. The zero-order valence-electron chi connectivity index (χ0n) is 9.64. The van der Waals surface area contributed by atoms with Crippen LogP contribution in [0.4, 0.5) is 0 Å². The van der Waals surface area contributed by atoms with Crippen LogP contribution >= 0.6 is 22.9 Å². The van der Waals surface area contributed by atoms with E-state index < -0.39 is 0 Å². The third-order valence-corrected chi connectivity index (χ3v) is 4.46. The lowest BCUT2D eigenvalue weighted by Gasteiger charge is -1.90. The highest BCUT2D eigenvalue weighted by Gasteiger charge is 2.18. The third-order valence-electron chi connectivity index (χ3n) is 2.58. The summed E-state index contributed by atoms with van der Waals surface area (Å²) in [5.74, 6) is 1.24. The fourth-order valence-electron chi connectivity index (χ4n) is 1.70. The van der Waals surface area contributed by atoms with Gasteiger partial charge in [0.05, 0.1) is 12.0 Å². The Balaban J connectivity index is 1.92. The van der Waals surface area contributed by atoms with Crippen molar-refractivity contribution in [2.24, 2.45) is 0 Å². The summed E-state index contributed by atoms with van der Waals surface area (Å²) in [7, 11) is 0. The molecule has 4 aromatic rings. The van der Waals surface area contributed by atoms with Crippen LogP contribution in [0.3, 0.4) is 0 Å². The number of furan rings is 1. The summed E-state index contributed by atoms with van der Waals surface area (Å²) in [5.41, 5.74) is 0.870. The maximum atomic E-state index is 5.33. The van der Waals surface area contributed by atoms with Crippen LogP contribution in [0.2, 0.25) is 0 Å². The number of rotatable bonds is 2. The van der Waals surface area contributed by atoms with Gasteiger partial charge in [-0.15, -0.1) is 15.3 Å². The second-order valence-corrected chi connectivity index (χ2v) is 5.50. The topological polar surface area (TPSA) is 82.0 Å². The monoisotopic (exact) mass is 290 g/mol. The lowest BCUT2D eigenvalue weighted by molar-refractivity contribution is 0.575.